The summed E-state index contributed by atoms with van der Waals surface area (Å²) in [6.07, 6.45) is 1.77. The van der Waals surface area contributed by atoms with Gasteiger partial charge in [0.2, 0.25) is 10.0 Å². The van der Waals surface area contributed by atoms with Crippen molar-refractivity contribution in [2.45, 2.75) is 23.8 Å². The van der Waals surface area contributed by atoms with Gasteiger partial charge in [0.05, 0.1) is 23.1 Å². The van der Waals surface area contributed by atoms with Gasteiger partial charge in [-0.2, -0.15) is 0 Å². The molecular formula is C18H18N2O5S. The first kappa shape index (κ1) is 18.1. The Balaban J connectivity index is 2.12. The third-order valence-corrected chi connectivity index (χ3v) is 4.98. The molecule has 0 atom stereocenters. The van der Waals surface area contributed by atoms with Crippen LogP contribution in [-0.2, 0) is 10.0 Å². The maximum atomic E-state index is 13.0. The number of nitrogens with one attached hydrogen (secondary N) is 1. The quantitative estimate of drug-likeness (QED) is 0.743. The zero-order chi connectivity index (χ0) is 18.9. The van der Waals surface area contributed by atoms with Crippen LogP contribution in [0.1, 0.15) is 39.1 Å². The number of hydrogen-bond acceptors (Lipinski definition) is 5. The number of ether oxygens (including phenoxy) is 1. The fourth-order valence-corrected chi connectivity index (χ4v) is 3.09. The van der Waals surface area contributed by atoms with Crippen LogP contribution in [0, 0.1) is 0 Å². The average molecular weight is 374 g/mol. The highest BCUT2D eigenvalue weighted by atomic mass is 32.2. The number of carbonyl (C=O) groups is 2. The first-order valence-electron chi connectivity index (χ1n) is 7.96. The second-order valence-electron chi connectivity index (χ2n) is 6.03. The van der Waals surface area contributed by atoms with Crippen molar-refractivity contribution in [2.75, 3.05) is 7.11 Å². The van der Waals surface area contributed by atoms with Crippen LogP contribution in [-0.4, -0.2) is 33.3 Å². The highest BCUT2D eigenvalue weighted by Crippen LogP contribution is 2.26. The molecule has 1 amide bonds. The lowest BCUT2D eigenvalue weighted by molar-refractivity contribution is 0.0939. The molecule has 3 rings (SSSR count). The Morgan fingerprint density at radius 2 is 1.77 bits per heavy atom. The summed E-state index contributed by atoms with van der Waals surface area (Å²) in [5, 5.41) is 7.97. The van der Waals surface area contributed by atoms with Crippen LogP contribution in [0.15, 0.2) is 47.4 Å². The fraction of sp³-hybridized carbons (Fsp3) is 0.222. The minimum atomic E-state index is -4.03. The van der Waals surface area contributed by atoms with Crippen molar-refractivity contribution in [1.82, 2.24) is 5.32 Å². The molecule has 0 spiro atoms. The molecule has 1 saturated carbocycles. The molecule has 0 bridgehead atoms. The first-order valence-corrected chi connectivity index (χ1v) is 9.51. The molecule has 136 valence electrons. The Kier molecular flexibility index (Phi) is 4.80. The van der Waals surface area contributed by atoms with Crippen LogP contribution in [0.5, 0.6) is 5.75 Å². The maximum absolute atomic E-state index is 13.0. The van der Waals surface area contributed by atoms with Gasteiger partial charge in [-0.3, -0.25) is 9.59 Å². The highest BCUT2D eigenvalue weighted by Gasteiger charge is 2.28. The highest BCUT2D eigenvalue weighted by molar-refractivity contribution is 7.89. The van der Waals surface area contributed by atoms with E-state index in [1.807, 2.05) is 0 Å². The molecule has 2 aromatic carbocycles. The zero-order valence-electron chi connectivity index (χ0n) is 14.1. The molecule has 2 aromatic rings. The van der Waals surface area contributed by atoms with Gasteiger partial charge in [0.15, 0.2) is 5.78 Å². The average Bonchev–Trinajstić information content (AvgIpc) is 3.43. The van der Waals surface area contributed by atoms with Crippen molar-refractivity contribution < 1.29 is 22.7 Å². The van der Waals surface area contributed by atoms with E-state index in [0.29, 0.717) is 5.75 Å². The molecule has 3 N–H and O–H groups in total. The molecule has 0 aromatic heterocycles. The molecule has 1 aliphatic rings. The van der Waals surface area contributed by atoms with Gasteiger partial charge in [0.25, 0.3) is 5.91 Å². The summed E-state index contributed by atoms with van der Waals surface area (Å²) in [6, 6.07) is 10.3. The van der Waals surface area contributed by atoms with Crippen LogP contribution >= 0.6 is 0 Å². The predicted octanol–water partition coefficient (Wildman–Crippen LogP) is 1.47. The number of ketones is 1. The summed E-state index contributed by atoms with van der Waals surface area (Å²) in [4.78, 5) is 25.3. The van der Waals surface area contributed by atoms with Gasteiger partial charge in [-0.1, -0.05) is 12.1 Å². The van der Waals surface area contributed by atoms with Gasteiger partial charge < -0.3 is 10.1 Å². The second-order valence-corrected chi connectivity index (χ2v) is 7.59. The lowest BCUT2D eigenvalue weighted by Gasteiger charge is -2.12. The van der Waals surface area contributed by atoms with Crippen molar-refractivity contribution in [3.05, 3.63) is 59.2 Å². The monoisotopic (exact) mass is 374 g/mol. The molecule has 8 heteroatoms. The fourth-order valence-electron chi connectivity index (χ4n) is 2.55. The molecule has 26 heavy (non-hydrogen) atoms. The number of amides is 1. The number of sulfonamides is 1. The molecule has 0 aliphatic heterocycles. The summed E-state index contributed by atoms with van der Waals surface area (Å²) in [5.41, 5.74) is 0.279. The minimum absolute atomic E-state index is 0.0424. The topological polar surface area (TPSA) is 116 Å². The van der Waals surface area contributed by atoms with E-state index in [9.17, 15) is 18.0 Å². The van der Waals surface area contributed by atoms with E-state index >= 15 is 0 Å². The molecule has 0 heterocycles. The Labute approximate surface area is 151 Å². The summed E-state index contributed by atoms with van der Waals surface area (Å²) in [7, 11) is -2.60. The predicted molar refractivity (Wildman–Crippen MR) is 94.7 cm³/mol. The smallest absolute Gasteiger partial charge is 0.252 e. The van der Waals surface area contributed by atoms with Crippen molar-refractivity contribution >= 4 is 21.7 Å². The Bertz CT molecular complexity index is 981. The van der Waals surface area contributed by atoms with E-state index in [4.69, 9.17) is 9.88 Å². The molecular weight excluding hydrogens is 356 g/mol. The number of para-hydroxylation sites is 1. The molecule has 1 aliphatic carbocycles. The summed E-state index contributed by atoms with van der Waals surface area (Å²) >= 11 is 0. The molecule has 0 unspecified atom stereocenters. The van der Waals surface area contributed by atoms with Gasteiger partial charge in [-0.15, -0.1) is 0 Å². The third kappa shape index (κ3) is 3.76. The Hall–Kier alpha value is -2.71. The van der Waals surface area contributed by atoms with Gasteiger partial charge in [-0.05, 0) is 43.2 Å². The van der Waals surface area contributed by atoms with Crippen LogP contribution in [0.3, 0.4) is 0 Å². The normalized spacial score (nSPS) is 13.9. The summed E-state index contributed by atoms with van der Waals surface area (Å²) in [6.45, 7) is 0. The number of nitrogens with two attached hydrogens (primary N) is 1. The van der Waals surface area contributed by atoms with Crippen molar-refractivity contribution in [3.8, 4) is 5.75 Å². The van der Waals surface area contributed by atoms with Crippen LogP contribution in [0.25, 0.3) is 0 Å². The second kappa shape index (κ2) is 6.89. The first-order chi connectivity index (χ1) is 12.3. The minimum Gasteiger partial charge on any atom is -0.496 e. The number of benzene rings is 2. The lowest BCUT2D eigenvalue weighted by Crippen LogP contribution is -2.27. The Morgan fingerprint density at radius 1 is 1.08 bits per heavy atom. The van der Waals surface area contributed by atoms with Crippen LogP contribution in [0.4, 0.5) is 0 Å². The molecule has 0 radical (unpaired) electrons. The van der Waals surface area contributed by atoms with E-state index in [0.717, 1.165) is 18.9 Å². The van der Waals surface area contributed by atoms with Gasteiger partial charge in [-0.25, -0.2) is 13.6 Å². The lowest BCUT2D eigenvalue weighted by atomic mass is 9.97. The molecule has 0 saturated heterocycles. The van der Waals surface area contributed by atoms with Crippen molar-refractivity contribution in [2.24, 2.45) is 5.14 Å². The van der Waals surface area contributed by atoms with E-state index < -0.39 is 21.7 Å². The maximum Gasteiger partial charge on any atom is 0.252 e. The largest absolute Gasteiger partial charge is 0.496 e. The van der Waals surface area contributed by atoms with Crippen molar-refractivity contribution in [1.29, 1.82) is 0 Å². The summed E-state index contributed by atoms with van der Waals surface area (Å²) in [5.74, 6) is -0.618. The Morgan fingerprint density at radius 3 is 2.38 bits per heavy atom. The van der Waals surface area contributed by atoms with Gasteiger partial charge >= 0.3 is 0 Å². The van der Waals surface area contributed by atoms with Gasteiger partial charge in [0, 0.05) is 11.6 Å². The van der Waals surface area contributed by atoms with E-state index in [2.05, 4.69) is 5.32 Å². The zero-order valence-corrected chi connectivity index (χ0v) is 14.9. The SMILES string of the molecule is COc1ccccc1C(=O)c1cc(S(N)(=O)=O)ccc1C(=O)NC1CC1. The number of hydrogen-bond donors (Lipinski definition) is 2. The third-order valence-electron chi connectivity index (χ3n) is 4.07. The van der Waals surface area contributed by atoms with Crippen LogP contribution < -0.4 is 15.2 Å². The number of rotatable bonds is 6. The van der Waals surface area contributed by atoms with Crippen LogP contribution in [0.2, 0.25) is 0 Å². The van der Waals surface area contributed by atoms with Crippen molar-refractivity contribution in [3.63, 3.8) is 0 Å². The number of primary sulfonamides is 1. The van der Waals surface area contributed by atoms with E-state index in [-0.39, 0.29) is 27.6 Å². The van der Waals surface area contributed by atoms with Gasteiger partial charge in [0.1, 0.15) is 5.75 Å². The number of methoxy groups -OCH3 is 1. The molecule has 7 nitrogen and oxygen atoms in total. The van der Waals surface area contributed by atoms with E-state index in [1.54, 1.807) is 24.3 Å². The summed E-state index contributed by atoms with van der Waals surface area (Å²) < 4.78 is 28.6. The number of carbonyl (C=O) groups excluding carboxylic acids is 2. The molecule has 1 fully saturated rings. The van der Waals surface area contributed by atoms with E-state index in [1.165, 1.54) is 19.2 Å². The standard InChI is InChI=1S/C18H18N2O5S/c1-25-16-5-3-2-4-14(16)17(21)15-10-12(26(19,23)24)8-9-13(15)18(22)20-11-6-7-11/h2-5,8-11H,6-7H2,1H3,(H,20,22)(H2,19,23,24).